The molecule has 116 valence electrons. The van der Waals surface area contributed by atoms with E-state index in [9.17, 15) is 4.79 Å². The Balaban J connectivity index is 1.92. The Morgan fingerprint density at radius 2 is 1.73 bits per heavy atom. The third kappa shape index (κ3) is 4.69. The highest BCUT2D eigenvalue weighted by molar-refractivity contribution is 5.87. The van der Waals surface area contributed by atoms with Crippen LogP contribution in [0.1, 0.15) is 54.9 Å². The van der Waals surface area contributed by atoms with Crippen molar-refractivity contribution in [2.75, 3.05) is 0 Å². The number of pyridine rings is 1. The van der Waals surface area contributed by atoms with Crippen LogP contribution < -0.4 is 0 Å². The number of aryl methyl sites for hydroxylation is 1. The van der Waals surface area contributed by atoms with Gasteiger partial charge in [-0.05, 0) is 30.5 Å². The van der Waals surface area contributed by atoms with Gasteiger partial charge in [0.05, 0.1) is 11.3 Å². The highest BCUT2D eigenvalue weighted by Gasteiger charge is 2.04. The Labute approximate surface area is 132 Å². The number of rotatable bonds is 8. The van der Waals surface area contributed by atoms with Gasteiger partial charge in [-0.1, -0.05) is 56.9 Å². The molecule has 22 heavy (non-hydrogen) atoms. The molecule has 0 unspecified atom stereocenters. The zero-order valence-electron chi connectivity index (χ0n) is 13.1. The fourth-order valence-electron chi connectivity index (χ4n) is 2.47. The zero-order chi connectivity index (χ0) is 15.8. The molecule has 3 nitrogen and oxygen atoms in total. The molecular weight excluding hydrogens is 274 g/mol. The van der Waals surface area contributed by atoms with Crippen LogP contribution in [0.3, 0.4) is 0 Å². The molecule has 0 fully saturated rings. The third-order valence-corrected chi connectivity index (χ3v) is 3.83. The summed E-state index contributed by atoms with van der Waals surface area (Å²) < 4.78 is 0. The molecule has 0 aliphatic carbocycles. The van der Waals surface area contributed by atoms with Crippen LogP contribution in [0, 0.1) is 0 Å². The van der Waals surface area contributed by atoms with Crippen molar-refractivity contribution in [1.29, 1.82) is 0 Å². The number of nitrogens with zero attached hydrogens (tertiary/aromatic N) is 1. The van der Waals surface area contributed by atoms with Crippen molar-refractivity contribution in [2.45, 2.75) is 45.4 Å². The van der Waals surface area contributed by atoms with Crippen LogP contribution in [-0.4, -0.2) is 16.1 Å². The number of hydrogen-bond acceptors (Lipinski definition) is 2. The third-order valence-electron chi connectivity index (χ3n) is 3.83. The van der Waals surface area contributed by atoms with Crippen molar-refractivity contribution >= 4 is 5.97 Å². The summed E-state index contributed by atoms with van der Waals surface area (Å²) in [6.45, 7) is 2.23. The average molecular weight is 297 g/mol. The van der Waals surface area contributed by atoms with Crippen molar-refractivity contribution in [3.8, 4) is 11.3 Å². The topological polar surface area (TPSA) is 50.2 Å². The number of unbranched alkanes of at least 4 members (excludes halogenated alkanes) is 4. The highest BCUT2D eigenvalue weighted by Crippen LogP contribution is 2.19. The van der Waals surface area contributed by atoms with Gasteiger partial charge in [0.2, 0.25) is 0 Å². The molecule has 0 amide bonds. The second-order valence-corrected chi connectivity index (χ2v) is 5.60. The fraction of sp³-hybridized carbons (Fsp3) is 0.368. The van der Waals surface area contributed by atoms with Gasteiger partial charge >= 0.3 is 5.97 Å². The smallest absolute Gasteiger partial charge is 0.337 e. The van der Waals surface area contributed by atoms with Crippen molar-refractivity contribution in [1.82, 2.24) is 4.98 Å². The standard InChI is InChI=1S/C19H23NO2/c1-2-3-4-5-6-7-15-8-10-16(11-9-15)18-13-12-17(14-20-18)19(21)22/h8-14H,2-7H2,1H3,(H,21,22). The summed E-state index contributed by atoms with van der Waals surface area (Å²) in [5.74, 6) is -0.947. The number of carboxylic acids is 1. The van der Waals surface area contributed by atoms with Crippen LogP contribution in [-0.2, 0) is 6.42 Å². The van der Waals surface area contributed by atoms with E-state index in [1.165, 1.54) is 43.9 Å². The minimum absolute atomic E-state index is 0.215. The van der Waals surface area contributed by atoms with E-state index in [2.05, 4.69) is 36.2 Å². The van der Waals surface area contributed by atoms with Gasteiger partial charge in [0, 0.05) is 11.8 Å². The molecule has 1 aromatic carbocycles. The number of carbonyl (C=O) groups is 1. The van der Waals surface area contributed by atoms with Gasteiger partial charge in [-0.15, -0.1) is 0 Å². The summed E-state index contributed by atoms with van der Waals surface area (Å²) in [6, 6.07) is 11.7. The number of hydrogen-bond donors (Lipinski definition) is 1. The van der Waals surface area contributed by atoms with E-state index in [0.717, 1.165) is 17.7 Å². The Hall–Kier alpha value is -2.16. The average Bonchev–Trinajstić information content (AvgIpc) is 2.55. The van der Waals surface area contributed by atoms with Crippen molar-refractivity contribution < 1.29 is 9.90 Å². The van der Waals surface area contributed by atoms with E-state index in [4.69, 9.17) is 5.11 Å². The van der Waals surface area contributed by atoms with Gasteiger partial charge in [-0.25, -0.2) is 4.79 Å². The largest absolute Gasteiger partial charge is 0.478 e. The summed E-state index contributed by atoms with van der Waals surface area (Å²) in [7, 11) is 0. The zero-order valence-corrected chi connectivity index (χ0v) is 13.1. The van der Waals surface area contributed by atoms with Gasteiger partial charge in [0.15, 0.2) is 0 Å². The molecule has 0 bridgehead atoms. The molecule has 1 heterocycles. The van der Waals surface area contributed by atoms with E-state index >= 15 is 0 Å². The molecular formula is C19H23NO2. The SMILES string of the molecule is CCCCCCCc1ccc(-c2ccc(C(=O)O)cn2)cc1. The molecule has 2 aromatic rings. The van der Waals surface area contributed by atoms with Crippen LogP contribution in [0.25, 0.3) is 11.3 Å². The second-order valence-electron chi connectivity index (χ2n) is 5.60. The van der Waals surface area contributed by atoms with E-state index in [1.54, 1.807) is 12.1 Å². The lowest BCUT2D eigenvalue weighted by atomic mass is 10.0. The summed E-state index contributed by atoms with van der Waals surface area (Å²) in [5, 5.41) is 8.88. The molecule has 3 heteroatoms. The van der Waals surface area contributed by atoms with E-state index in [1.807, 2.05) is 0 Å². The van der Waals surface area contributed by atoms with Gasteiger partial charge in [0.25, 0.3) is 0 Å². The summed E-state index contributed by atoms with van der Waals surface area (Å²) in [5.41, 5.74) is 3.39. The fourth-order valence-corrected chi connectivity index (χ4v) is 2.47. The van der Waals surface area contributed by atoms with Crippen molar-refractivity contribution in [3.63, 3.8) is 0 Å². The van der Waals surface area contributed by atoms with Crippen LogP contribution in [0.4, 0.5) is 0 Å². The van der Waals surface area contributed by atoms with Crippen LogP contribution in [0.5, 0.6) is 0 Å². The van der Waals surface area contributed by atoms with E-state index in [0.29, 0.717) is 0 Å². The van der Waals surface area contributed by atoms with Gasteiger partial charge in [-0.3, -0.25) is 4.98 Å². The first-order valence-corrected chi connectivity index (χ1v) is 7.99. The Morgan fingerprint density at radius 1 is 1.00 bits per heavy atom. The van der Waals surface area contributed by atoms with Crippen LogP contribution >= 0.6 is 0 Å². The van der Waals surface area contributed by atoms with E-state index in [-0.39, 0.29) is 5.56 Å². The molecule has 2 rings (SSSR count). The lowest BCUT2D eigenvalue weighted by Crippen LogP contribution is -1.97. The summed E-state index contributed by atoms with van der Waals surface area (Å²) in [4.78, 5) is 15.0. The number of carboxylic acid groups (broad SMARTS) is 1. The lowest BCUT2D eigenvalue weighted by molar-refractivity contribution is 0.0696. The number of benzene rings is 1. The highest BCUT2D eigenvalue weighted by atomic mass is 16.4. The van der Waals surface area contributed by atoms with Crippen molar-refractivity contribution in [3.05, 3.63) is 53.7 Å². The van der Waals surface area contributed by atoms with Crippen LogP contribution in [0.15, 0.2) is 42.6 Å². The maximum absolute atomic E-state index is 10.8. The predicted octanol–water partition coefficient (Wildman–Crippen LogP) is 4.96. The number of aromatic carboxylic acids is 1. The molecule has 1 N–H and O–H groups in total. The Morgan fingerprint density at radius 3 is 2.32 bits per heavy atom. The van der Waals surface area contributed by atoms with Gasteiger partial charge in [0.1, 0.15) is 0 Å². The first kappa shape index (κ1) is 16.2. The molecule has 0 aliphatic heterocycles. The van der Waals surface area contributed by atoms with Gasteiger partial charge < -0.3 is 5.11 Å². The Bertz CT molecular complexity index is 588. The first-order valence-electron chi connectivity index (χ1n) is 7.99. The normalized spacial score (nSPS) is 10.6. The minimum atomic E-state index is -0.947. The first-order chi connectivity index (χ1) is 10.7. The second kappa shape index (κ2) is 8.32. The minimum Gasteiger partial charge on any atom is -0.478 e. The molecule has 0 aliphatic rings. The molecule has 1 aromatic heterocycles. The predicted molar refractivity (Wildman–Crippen MR) is 89.1 cm³/mol. The monoisotopic (exact) mass is 297 g/mol. The quantitative estimate of drug-likeness (QED) is 0.701. The van der Waals surface area contributed by atoms with Crippen molar-refractivity contribution in [2.24, 2.45) is 0 Å². The molecule has 0 saturated carbocycles. The molecule has 0 radical (unpaired) electrons. The summed E-state index contributed by atoms with van der Waals surface area (Å²) in [6.07, 6.45) is 9.00. The summed E-state index contributed by atoms with van der Waals surface area (Å²) >= 11 is 0. The molecule has 0 atom stereocenters. The lowest BCUT2D eigenvalue weighted by Gasteiger charge is -2.05. The van der Waals surface area contributed by atoms with Crippen LogP contribution in [0.2, 0.25) is 0 Å². The van der Waals surface area contributed by atoms with E-state index < -0.39 is 5.97 Å². The van der Waals surface area contributed by atoms with Gasteiger partial charge in [-0.2, -0.15) is 0 Å². The number of aromatic nitrogens is 1. The maximum Gasteiger partial charge on any atom is 0.337 e. The Kier molecular flexibility index (Phi) is 6.13. The maximum atomic E-state index is 10.8. The molecule has 0 saturated heterocycles. The molecule has 0 spiro atoms.